The SMILES string of the molecule is CCCCCC(C)OC(=O)c1ccccc1C(=O)OCCC. The molecule has 0 heterocycles. The van der Waals surface area contributed by atoms with E-state index in [1.807, 2.05) is 13.8 Å². The van der Waals surface area contributed by atoms with Crippen LogP contribution in [0.3, 0.4) is 0 Å². The molecule has 0 aromatic heterocycles. The van der Waals surface area contributed by atoms with E-state index in [0.29, 0.717) is 6.61 Å². The fourth-order valence-electron chi connectivity index (χ4n) is 2.10. The number of hydrogen-bond acceptors (Lipinski definition) is 4. The first-order valence-electron chi connectivity index (χ1n) is 8.07. The highest BCUT2D eigenvalue weighted by atomic mass is 16.5. The van der Waals surface area contributed by atoms with Crippen LogP contribution in [0.25, 0.3) is 0 Å². The maximum Gasteiger partial charge on any atom is 0.339 e. The Morgan fingerprint density at radius 2 is 1.64 bits per heavy atom. The third-order valence-electron chi connectivity index (χ3n) is 3.33. The molecule has 0 spiro atoms. The zero-order chi connectivity index (χ0) is 16.4. The second kappa shape index (κ2) is 9.98. The molecule has 0 aliphatic heterocycles. The molecule has 0 amide bonds. The third kappa shape index (κ3) is 5.88. The second-order valence-electron chi connectivity index (χ2n) is 5.39. The van der Waals surface area contributed by atoms with E-state index in [0.717, 1.165) is 32.1 Å². The molecule has 1 rings (SSSR count). The summed E-state index contributed by atoms with van der Waals surface area (Å²) in [5.41, 5.74) is 0.535. The van der Waals surface area contributed by atoms with Crippen molar-refractivity contribution in [1.29, 1.82) is 0 Å². The summed E-state index contributed by atoms with van der Waals surface area (Å²) in [4.78, 5) is 24.3. The van der Waals surface area contributed by atoms with Crippen LogP contribution in [0, 0.1) is 0 Å². The number of ether oxygens (including phenoxy) is 2. The second-order valence-corrected chi connectivity index (χ2v) is 5.39. The molecule has 0 saturated carbocycles. The lowest BCUT2D eigenvalue weighted by atomic mass is 10.1. The molecule has 1 aromatic carbocycles. The van der Waals surface area contributed by atoms with Crippen LogP contribution in [0.15, 0.2) is 24.3 Å². The number of unbranched alkanes of at least 4 members (excludes halogenated alkanes) is 2. The van der Waals surface area contributed by atoms with Crippen LogP contribution in [0.1, 0.15) is 73.6 Å². The van der Waals surface area contributed by atoms with Gasteiger partial charge >= 0.3 is 11.9 Å². The Balaban J connectivity index is 2.70. The molecule has 4 heteroatoms. The van der Waals surface area contributed by atoms with Gasteiger partial charge in [-0.2, -0.15) is 0 Å². The molecule has 0 saturated heterocycles. The van der Waals surface area contributed by atoms with E-state index in [9.17, 15) is 9.59 Å². The van der Waals surface area contributed by atoms with Crippen LogP contribution in [0.4, 0.5) is 0 Å². The summed E-state index contributed by atoms with van der Waals surface area (Å²) in [6.45, 7) is 6.28. The molecule has 22 heavy (non-hydrogen) atoms. The van der Waals surface area contributed by atoms with Gasteiger partial charge < -0.3 is 9.47 Å². The first-order valence-corrected chi connectivity index (χ1v) is 8.07. The molecule has 1 atom stereocenters. The van der Waals surface area contributed by atoms with Gasteiger partial charge in [-0.3, -0.25) is 0 Å². The summed E-state index contributed by atoms with van der Waals surface area (Å²) in [6.07, 6.45) is 4.72. The van der Waals surface area contributed by atoms with Crippen LogP contribution >= 0.6 is 0 Å². The topological polar surface area (TPSA) is 52.6 Å². The molecule has 1 unspecified atom stereocenters. The van der Waals surface area contributed by atoms with Crippen LogP contribution in [-0.4, -0.2) is 24.6 Å². The summed E-state index contributed by atoms with van der Waals surface area (Å²) in [6, 6.07) is 6.62. The third-order valence-corrected chi connectivity index (χ3v) is 3.33. The number of carbonyl (C=O) groups is 2. The molecule has 4 nitrogen and oxygen atoms in total. The highest BCUT2D eigenvalue weighted by Crippen LogP contribution is 2.15. The number of benzene rings is 1. The van der Waals surface area contributed by atoms with E-state index in [1.54, 1.807) is 24.3 Å². The fourth-order valence-corrected chi connectivity index (χ4v) is 2.10. The monoisotopic (exact) mass is 306 g/mol. The van der Waals surface area contributed by atoms with Gasteiger partial charge in [0.1, 0.15) is 0 Å². The van der Waals surface area contributed by atoms with E-state index < -0.39 is 11.9 Å². The molecule has 122 valence electrons. The minimum atomic E-state index is -0.479. The smallest absolute Gasteiger partial charge is 0.339 e. The van der Waals surface area contributed by atoms with E-state index >= 15 is 0 Å². The number of rotatable bonds is 9. The van der Waals surface area contributed by atoms with Crippen molar-refractivity contribution in [3.8, 4) is 0 Å². The Kier molecular flexibility index (Phi) is 8.26. The normalized spacial score (nSPS) is 11.8. The van der Waals surface area contributed by atoms with E-state index in [4.69, 9.17) is 9.47 Å². The predicted octanol–water partition coefficient (Wildman–Crippen LogP) is 4.38. The summed E-state index contributed by atoms with van der Waals surface area (Å²) < 4.78 is 10.5. The molecular formula is C18H26O4. The minimum Gasteiger partial charge on any atom is -0.462 e. The van der Waals surface area contributed by atoms with Crippen molar-refractivity contribution in [3.05, 3.63) is 35.4 Å². The highest BCUT2D eigenvalue weighted by molar-refractivity contribution is 6.03. The predicted molar refractivity (Wildman–Crippen MR) is 86.0 cm³/mol. The number of carbonyl (C=O) groups excluding carboxylic acids is 2. The number of hydrogen-bond donors (Lipinski definition) is 0. The quantitative estimate of drug-likeness (QED) is 0.502. The van der Waals surface area contributed by atoms with E-state index in [1.165, 1.54) is 0 Å². The van der Waals surface area contributed by atoms with Gasteiger partial charge in [-0.25, -0.2) is 9.59 Å². The Labute approximate surface area is 132 Å². The van der Waals surface area contributed by atoms with Crippen LogP contribution in [-0.2, 0) is 9.47 Å². The van der Waals surface area contributed by atoms with E-state index in [2.05, 4.69) is 6.92 Å². The molecule has 1 aromatic rings. The summed E-state index contributed by atoms with van der Waals surface area (Å²) >= 11 is 0. The lowest BCUT2D eigenvalue weighted by molar-refractivity contribution is 0.0308. The van der Waals surface area contributed by atoms with Gasteiger partial charge in [0.25, 0.3) is 0 Å². The van der Waals surface area contributed by atoms with Gasteiger partial charge in [0.15, 0.2) is 0 Å². The van der Waals surface area contributed by atoms with Gasteiger partial charge in [-0.05, 0) is 38.3 Å². The van der Waals surface area contributed by atoms with Crippen LogP contribution in [0.5, 0.6) is 0 Å². The zero-order valence-electron chi connectivity index (χ0n) is 13.8. The van der Waals surface area contributed by atoms with Crippen molar-refractivity contribution in [2.75, 3.05) is 6.61 Å². The lowest BCUT2D eigenvalue weighted by Gasteiger charge is -2.14. The van der Waals surface area contributed by atoms with Crippen LogP contribution < -0.4 is 0 Å². The van der Waals surface area contributed by atoms with Gasteiger partial charge in [-0.15, -0.1) is 0 Å². The Bertz CT molecular complexity index is 482. The number of esters is 2. The molecule has 0 bridgehead atoms. The average molecular weight is 306 g/mol. The molecule has 0 aliphatic carbocycles. The van der Waals surface area contributed by atoms with Gasteiger partial charge in [0.05, 0.1) is 23.8 Å². The Morgan fingerprint density at radius 3 is 2.23 bits per heavy atom. The van der Waals surface area contributed by atoms with Gasteiger partial charge in [0.2, 0.25) is 0 Å². The standard InChI is InChI=1S/C18H26O4/c1-4-6-7-10-14(3)22-18(20)16-12-9-8-11-15(16)17(19)21-13-5-2/h8-9,11-12,14H,4-7,10,13H2,1-3H3. The maximum absolute atomic E-state index is 12.3. The lowest BCUT2D eigenvalue weighted by Crippen LogP contribution is -2.18. The van der Waals surface area contributed by atoms with Crippen molar-refractivity contribution < 1.29 is 19.1 Å². The Morgan fingerprint density at radius 1 is 1.00 bits per heavy atom. The molecular weight excluding hydrogens is 280 g/mol. The molecule has 0 aliphatic rings. The summed E-state index contributed by atoms with van der Waals surface area (Å²) in [7, 11) is 0. The Hall–Kier alpha value is -1.84. The molecule has 0 N–H and O–H groups in total. The first kappa shape index (κ1) is 18.2. The summed E-state index contributed by atoms with van der Waals surface area (Å²) in [5, 5.41) is 0. The van der Waals surface area contributed by atoms with Crippen molar-refractivity contribution in [2.45, 2.75) is 59.0 Å². The first-order chi connectivity index (χ1) is 10.6. The van der Waals surface area contributed by atoms with Gasteiger partial charge in [0, 0.05) is 0 Å². The zero-order valence-corrected chi connectivity index (χ0v) is 13.8. The van der Waals surface area contributed by atoms with Crippen molar-refractivity contribution in [1.82, 2.24) is 0 Å². The average Bonchev–Trinajstić information content (AvgIpc) is 2.52. The van der Waals surface area contributed by atoms with Crippen molar-refractivity contribution >= 4 is 11.9 Å². The van der Waals surface area contributed by atoms with Crippen molar-refractivity contribution in [2.24, 2.45) is 0 Å². The largest absolute Gasteiger partial charge is 0.462 e. The molecule has 0 radical (unpaired) electrons. The van der Waals surface area contributed by atoms with Crippen molar-refractivity contribution in [3.63, 3.8) is 0 Å². The molecule has 0 fully saturated rings. The highest BCUT2D eigenvalue weighted by Gasteiger charge is 2.20. The minimum absolute atomic E-state index is 0.154. The maximum atomic E-state index is 12.3. The van der Waals surface area contributed by atoms with E-state index in [-0.39, 0.29) is 17.2 Å². The summed E-state index contributed by atoms with van der Waals surface area (Å²) in [5.74, 6) is -0.943. The van der Waals surface area contributed by atoms with Crippen LogP contribution in [0.2, 0.25) is 0 Å². The van der Waals surface area contributed by atoms with Gasteiger partial charge in [-0.1, -0.05) is 38.8 Å². The fraction of sp³-hybridized carbons (Fsp3) is 0.556.